The zero-order valence-corrected chi connectivity index (χ0v) is 10.2. The van der Waals surface area contributed by atoms with E-state index >= 15 is 0 Å². The van der Waals surface area contributed by atoms with Crippen LogP contribution in [0.15, 0.2) is 0 Å². The summed E-state index contributed by atoms with van der Waals surface area (Å²) in [4.78, 5) is 2.31. The standard InChI is InChI=1S/C13H25NO2/c15-12-7-8-14(11-12)9-10-16-13-5-3-1-2-4-6-13/h12-13,15H,1-11H2/t12-/m0/s1. The van der Waals surface area contributed by atoms with E-state index in [1.54, 1.807) is 0 Å². The molecule has 3 nitrogen and oxygen atoms in total. The number of β-amino-alcohol motifs (C(OH)–C–C–N with tert-alkyl or cyclic N) is 1. The van der Waals surface area contributed by atoms with Crippen LogP contribution in [0.1, 0.15) is 44.9 Å². The van der Waals surface area contributed by atoms with Gasteiger partial charge in [0, 0.05) is 19.6 Å². The largest absolute Gasteiger partial charge is 0.392 e. The minimum Gasteiger partial charge on any atom is -0.392 e. The average molecular weight is 227 g/mol. The van der Waals surface area contributed by atoms with Crippen molar-refractivity contribution in [3.05, 3.63) is 0 Å². The first kappa shape index (κ1) is 12.3. The predicted molar refractivity (Wildman–Crippen MR) is 64.5 cm³/mol. The number of ether oxygens (including phenoxy) is 1. The molecule has 1 N–H and O–H groups in total. The Kier molecular flexibility index (Phi) is 5.07. The van der Waals surface area contributed by atoms with E-state index in [0.29, 0.717) is 6.10 Å². The number of likely N-dealkylation sites (tertiary alicyclic amines) is 1. The van der Waals surface area contributed by atoms with E-state index in [2.05, 4.69) is 4.90 Å². The quantitative estimate of drug-likeness (QED) is 0.743. The number of hydrogen-bond acceptors (Lipinski definition) is 3. The number of aliphatic hydroxyl groups is 1. The van der Waals surface area contributed by atoms with Gasteiger partial charge in [0.1, 0.15) is 0 Å². The summed E-state index contributed by atoms with van der Waals surface area (Å²) in [6.45, 7) is 3.72. The molecule has 1 atom stereocenters. The van der Waals surface area contributed by atoms with Crippen molar-refractivity contribution in [1.82, 2.24) is 4.90 Å². The SMILES string of the molecule is O[C@H]1CCN(CCOC2CCCCCC2)C1. The Hall–Kier alpha value is -0.120. The Balaban J connectivity index is 1.56. The number of hydrogen-bond donors (Lipinski definition) is 1. The highest BCUT2D eigenvalue weighted by molar-refractivity contribution is 4.74. The third kappa shape index (κ3) is 4.04. The summed E-state index contributed by atoms with van der Waals surface area (Å²) < 4.78 is 5.94. The van der Waals surface area contributed by atoms with E-state index < -0.39 is 0 Å². The molecule has 1 aliphatic carbocycles. The maximum Gasteiger partial charge on any atom is 0.0679 e. The molecular formula is C13H25NO2. The van der Waals surface area contributed by atoms with Crippen molar-refractivity contribution < 1.29 is 9.84 Å². The highest BCUT2D eigenvalue weighted by atomic mass is 16.5. The van der Waals surface area contributed by atoms with Crippen molar-refractivity contribution in [3.8, 4) is 0 Å². The molecule has 16 heavy (non-hydrogen) atoms. The van der Waals surface area contributed by atoms with Gasteiger partial charge in [-0.3, -0.25) is 4.90 Å². The second kappa shape index (κ2) is 6.58. The molecule has 1 saturated carbocycles. The van der Waals surface area contributed by atoms with Gasteiger partial charge in [0.25, 0.3) is 0 Å². The molecule has 2 aliphatic rings. The molecule has 0 aromatic carbocycles. The summed E-state index contributed by atoms with van der Waals surface area (Å²) in [6.07, 6.45) is 9.30. The molecule has 94 valence electrons. The topological polar surface area (TPSA) is 32.7 Å². The van der Waals surface area contributed by atoms with Crippen LogP contribution in [0.4, 0.5) is 0 Å². The van der Waals surface area contributed by atoms with Gasteiger partial charge in [0.2, 0.25) is 0 Å². The van der Waals surface area contributed by atoms with Gasteiger partial charge in [-0.25, -0.2) is 0 Å². The molecule has 2 fully saturated rings. The van der Waals surface area contributed by atoms with Crippen LogP contribution in [0.5, 0.6) is 0 Å². The first-order chi connectivity index (χ1) is 7.84. The molecular weight excluding hydrogens is 202 g/mol. The fourth-order valence-corrected chi connectivity index (χ4v) is 2.77. The second-order valence-corrected chi connectivity index (χ2v) is 5.23. The van der Waals surface area contributed by atoms with Crippen LogP contribution in [0, 0.1) is 0 Å². The summed E-state index contributed by atoms with van der Waals surface area (Å²) in [5, 5.41) is 9.40. The maximum absolute atomic E-state index is 9.40. The summed E-state index contributed by atoms with van der Waals surface area (Å²) in [5.74, 6) is 0. The van der Waals surface area contributed by atoms with Crippen LogP contribution < -0.4 is 0 Å². The lowest BCUT2D eigenvalue weighted by atomic mass is 10.1. The molecule has 0 aromatic heterocycles. The van der Waals surface area contributed by atoms with E-state index in [0.717, 1.165) is 32.7 Å². The molecule has 1 aliphatic heterocycles. The molecule has 1 saturated heterocycles. The number of nitrogens with zero attached hydrogens (tertiary/aromatic N) is 1. The molecule has 0 radical (unpaired) electrons. The zero-order valence-electron chi connectivity index (χ0n) is 10.2. The molecule has 3 heteroatoms. The minimum absolute atomic E-state index is 0.0992. The Morgan fingerprint density at radius 3 is 2.44 bits per heavy atom. The summed E-state index contributed by atoms with van der Waals surface area (Å²) >= 11 is 0. The van der Waals surface area contributed by atoms with E-state index in [1.807, 2.05) is 0 Å². The van der Waals surface area contributed by atoms with Crippen molar-refractivity contribution in [2.75, 3.05) is 26.2 Å². The maximum atomic E-state index is 9.40. The fraction of sp³-hybridized carbons (Fsp3) is 1.00. The average Bonchev–Trinajstić information content (AvgIpc) is 2.54. The van der Waals surface area contributed by atoms with Crippen molar-refractivity contribution >= 4 is 0 Å². The van der Waals surface area contributed by atoms with Gasteiger partial charge in [-0.05, 0) is 19.3 Å². The van der Waals surface area contributed by atoms with E-state index in [9.17, 15) is 5.11 Å². The molecule has 0 unspecified atom stereocenters. The van der Waals surface area contributed by atoms with Gasteiger partial charge in [-0.2, -0.15) is 0 Å². The third-order valence-corrected chi connectivity index (χ3v) is 3.81. The van der Waals surface area contributed by atoms with Gasteiger partial charge in [-0.1, -0.05) is 25.7 Å². The third-order valence-electron chi connectivity index (χ3n) is 3.81. The Morgan fingerprint density at radius 1 is 1.06 bits per heavy atom. The molecule has 0 spiro atoms. The van der Waals surface area contributed by atoms with Gasteiger partial charge >= 0.3 is 0 Å². The van der Waals surface area contributed by atoms with Crippen molar-refractivity contribution in [2.45, 2.75) is 57.2 Å². The zero-order chi connectivity index (χ0) is 11.2. The number of aliphatic hydroxyl groups excluding tert-OH is 1. The van der Waals surface area contributed by atoms with Crippen LogP contribution in [0.2, 0.25) is 0 Å². The summed E-state index contributed by atoms with van der Waals surface area (Å²) in [6, 6.07) is 0. The van der Waals surface area contributed by atoms with Crippen LogP contribution in [0.3, 0.4) is 0 Å². The van der Waals surface area contributed by atoms with Crippen molar-refractivity contribution in [1.29, 1.82) is 0 Å². The Morgan fingerprint density at radius 2 is 1.81 bits per heavy atom. The molecule has 0 aromatic rings. The van der Waals surface area contributed by atoms with Crippen LogP contribution in [-0.2, 0) is 4.74 Å². The lowest BCUT2D eigenvalue weighted by Gasteiger charge is -2.19. The minimum atomic E-state index is -0.0992. The van der Waals surface area contributed by atoms with Crippen LogP contribution in [0.25, 0.3) is 0 Å². The normalized spacial score (nSPS) is 29.4. The first-order valence-electron chi connectivity index (χ1n) is 6.86. The smallest absolute Gasteiger partial charge is 0.0679 e. The highest BCUT2D eigenvalue weighted by Gasteiger charge is 2.20. The van der Waals surface area contributed by atoms with Gasteiger partial charge in [-0.15, -0.1) is 0 Å². The Labute approximate surface area is 98.8 Å². The predicted octanol–water partition coefficient (Wildman–Crippen LogP) is 1.79. The lowest BCUT2D eigenvalue weighted by molar-refractivity contribution is 0.0304. The highest BCUT2D eigenvalue weighted by Crippen LogP contribution is 2.19. The fourth-order valence-electron chi connectivity index (χ4n) is 2.77. The van der Waals surface area contributed by atoms with E-state index in [1.165, 1.54) is 38.5 Å². The van der Waals surface area contributed by atoms with Gasteiger partial charge in [0.05, 0.1) is 18.8 Å². The van der Waals surface area contributed by atoms with Crippen molar-refractivity contribution in [2.24, 2.45) is 0 Å². The van der Waals surface area contributed by atoms with Gasteiger partial charge < -0.3 is 9.84 Å². The second-order valence-electron chi connectivity index (χ2n) is 5.23. The van der Waals surface area contributed by atoms with E-state index in [-0.39, 0.29) is 6.10 Å². The van der Waals surface area contributed by atoms with Crippen LogP contribution in [-0.4, -0.2) is 48.5 Å². The number of rotatable bonds is 4. The lowest BCUT2D eigenvalue weighted by Crippen LogP contribution is -2.28. The van der Waals surface area contributed by atoms with E-state index in [4.69, 9.17) is 4.74 Å². The first-order valence-corrected chi connectivity index (χ1v) is 6.86. The van der Waals surface area contributed by atoms with Crippen LogP contribution >= 0.6 is 0 Å². The Bertz CT molecular complexity index is 190. The molecule has 1 heterocycles. The monoisotopic (exact) mass is 227 g/mol. The summed E-state index contributed by atoms with van der Waals surface area (Å²) in [7, 11) is 0. The summed E-state index contributed by atoms with van der Waals surface area (Å²) in [5.41, 5.74) is 0. The molecule has 0 bridgehead atoms. The van der Waals surface area contributed by atoms with Crippen molar-refractivity contribution in [3.63, 3.8) is 0 Å². The molecule has 2 rings (SSSR count). The van der Waals surface area contributed by atoms with Gasteiger partial charge in [0.15, 0.2) is 0 Å². The molecule has 0 amide bonds.